The quantitative estimate of drug-likeness (QED) is 0.832. The number of benzene rings is 1. The Morgan fingerprint density at radius 3 is 2.90 bits per heavy atom. The van der Waals surface area contributed by atoms with Gasteiger partial charge in [-0.25, -0.2) is 4.79 Å². The van der Waals surface area contributed by atoms with Crippen molar-refractivity contribution in [3.63, 3.8) is 0 Å². The molecule has 2 heterocycles. The molecule has 21 heavy (non-hydrogen) atoms. The van der Waals surface area contributed by atoms with Crippen LogP contribution in [0.1, 0.15) is 42.5 Å². The van der Waals surface area contributed by atoms with Gasteiger partial charge in [-0.1, -0.05) is 12.8 Å². The van der Waals surface area contributed by atoms with Gasteiger partial charge < -0.3 is 15.3 Å². The van der Waals surface area contributed by atoms with E-state index in [9.17, 15) is 9.59 Å². The summed E-state index contributed by atoms with van der Waals surface area (Å²) in [5, 5.41) is 12.0. The fraction of sp³-hybridized carbons (Fsp3) is 0.500. The summed E-state index contributed by atoms with van der Waals surface area (Å²) in [6.07, 6.45) is 5.74. The Morgan fingerprint density at radius 2 is 2.10 bits per heavy atom. The lowest BCUT2D eigenvalue weighted by molar-refractivity contribution is -0.117. The number of amides is 1. The monoisotopic (exact) mass is 286 g/mol. The third-order valence-corrected chi connectivity index (χ3v) is 5.17. The van der Waals surface area contributed by atoms with Gasteiger partial charge in [0.05, 0.1) is 16.9 Å². The fourth-order valence-electron chi connectivity index (χ4n) is 4.25. The number of rotatable bonds is 1. The van der Waals surface area contributed by atoms with E-state index in [2.05, 4.69) is 10.2 Å². The molecule has 0 bridgehead atoms. The highest BCUT2D eigenvalue weighted by molar-refractivity contribution is 6.05. The summed E-state index contributed by atoms with van der Waals surface area (Å²) < 4.78 is 0. The molecule has 110 valence electrons. The molecule has 0 spiro atoms. The average molecular weight is 286 g/mol. The first kappa shape index (κ1) is 12.7. The maximum absolute atomic E-state index is 12.4. The number of carbonyl (C=O) groups is 2. The number of carboxylic acids is 1. The van der Waals surface area contributed by atoms with Crippen LogP contribution in [-0.2, 0) is 4.79 Å². The van der Waals surface area contributed by atoms with Crippen LogP contribution in [0, 0.1) is 5.92 Å². The number of anilines is 2. The molecule has 1 saturated carbocycles. The fourth-order valence-corrected chi connectivity index (χ4v) is 4.25. The van der Waals surface area contributed by atoms with Gasteiger partial charge >= 0.3 is 5.97 Å². The van der Waals surface area contributed by atoms with Crippen molar-refractivity contribution in [2.24, 2.45) is 5.92 Å². The Hall–Kier alpha value is -2.04. The molecule has 0 radical (unpaired) electrons. The average Bonchev–Trinajstić information content (AvgIpc) is 2.87. The van der Waals surface area contributed by atoms with Crippen LogP contribution >= 0.6 is 0 Å². The van der Waals surface area contributed by atoms with Crippen LogP contribution in [-0.4, -0.2) is 29.1 Å². The third kappa shape index (κ3) is 1.83. The van der Waals surface area contributed by atoms with Gasteiger partial charge in [-0.3, -0.25) is 4.79 Å². The molecule has 2 aliphatic heterocycles. The lowest BCUT2D eigenvalue weighted by atomic mass is 9.84. The van der Waals surface area contributed by atoms with Crippen LogP contribution in [0.2, 0.25) is 0 Å². The highest BCUT2D eigenvalue weighted by atomic mass is 16.4. The molecule has 2 fully saturated rings. The zero-order valence-electron chi connectivity index (χ0n) is 11.7. The van der Waals surface area contributed by atoms with Gasteiger partial charge in [-0.15, -0.1) is 0 Å². The van der Waals surface area contributed by atoms with Crippen molar-refractivity contribution < 1.29 is 14.7 Å². The van der Waals surface area contributed by atoms with Crippen molar-refractivity contribution in [2.75, 3.05) is 10.2 Å². The third-order valence-electron chi connectivity index (χ3n) is 5.17. The van der Waals surface area contributed by atoms with E-state index < -0.39 is 5.97 Å². The molecule has 1 aliphatic carbocycles. The van der Waals surface area contributed by atoms with Gasteiger partial charge in [-0.05, 0) is 43.4 Å². The zero-order valence-corrected chi connectivity index (χ0v) is 11.7. The molecule has 1 saturated heterocycles. The summed E-state index contributed by atoms with van der Waals surface area (Å²) in [4.78, 5) is 25.7. The summed E-state index contributed by atoms with van der Waals surface area (Å²) in [5.41, 5.74) is 1.84. The van der Waals surface area contributed by atoms with E-state index in [1.165, 1.54) is 19.3 Å². The molecule has 1 aromatic carbocycles. The van der Waals surface area contributed by atoms with Crippen LogP contribution < -0.4 is 10.2 Å². The van der Waals surface area contributed by atoms with Crippen molar-refractivity contribution in [3.05, 3.63) is 23.8 Å². The Bertz CT molecular complexity index is 628. The Labute approximate surface area is 122 Å². The second kappa shape index (κ2) is 4.48. The largest absolute Gasteiger partial charge is 0.478 e. The number of hydrogen-bond donors (Lipinski definition) is 2. The van der Waals surface area contributed by atoms with Gasteiger partial charge in [0.15, 0.2) is 0 Å². The first-order valence-corrected chi connectivity index (χ1v) is 7.61. The minimum atomic E-state index is -0.967. The molecule has 3 aliphatic rings. The number of nitrogens with zero attached hydrogens (tertiary/aromatic N) is 1. The van der Waals surface area contributed by atoms with Gasteiger partial charge in [0.25, 0.3) is 0 Å². The van der Waals surface area contributed by atoms with E-state index in [1.807, 2.05) is 6.07 Å². The maximum Gasteiger partial charge on any atom is 0.335 e. The Balaban J connectivity index is 1.78. The number of hydrogen-bond acceptors (Lipinski definition) is 3. The summed E-state index contributed by atoms with van der Waals surface area (Å²) in [6.45, 7) is 0. The molecule has 5 heteroatoms. The van der Waals surface area contributed by atoms with Crippen molar-refractivity contribution in [3.8, 4) is 0 Å². The van der Waals surface area contributed by atoms with E-state index in [-0.39, 0.29) is 17.5 Å². The van der Waals surface area contributed by atoms with Gasteiger partial charge in [0, 0.05) is 6.04 Å². The van der Waals surface area contributed by atoms with Crippen LogP contribution in [0.3, 0.4) is 0 Å². The summed E-state index contributed by atoms with van der Waals surface area (Å²) in [7, 11) is 0. The molecule has 1 aromatic rings. The smallest absolute Gasteiger partial charge is 0.335 e. The lowest BCUT2D eigenvalue weighted by Gasteiger charge is -2.39. The van der Waals surface area contributed by atoms with Gasteiger partial charge in [0.2, 0.25) is 5.91 Å². The molecule has 3 atom stereocenters. The molecule has 4 rings (SSSR count). The highest BCUT2D eigenvalue weighted by Crippen LogP contribution is 2.46. The van der Waals surface area contributed by atoms with E-state index in [0.717, 1.165) is 18.5 Å². The summed E-state index contributed by atoms with van der Waals surface area (Å²) in [5.74, 6) is -0.356. The number of fused-ring (bicyclic) bond motifs is 5. The Kier molecular flexibility index (Phi) is 2.71. The number of carboxylic acid groups (broad SMARTS) is 1. The SMILES string of the molecule is O=C(O)c1ccc2c(c1)NC(=O)C1CC3CCCCC3N21. The Morgan fingerprint density at radius 1 is 1.29 bits per heavy atom. The number of aromatic carboxylic acids is 1. The van der Waals surface area contributed by atoms with Crippen molar-refractivity contribution in [2.45, 2.75) is 44.2 Å². The molecule has 2 N–H and O–H groups in total. The normalized spacial score (nSPS) is 30.2. The predicted octanol–water partition coefficient (Wildman–Crippen LogP) is 2.47. The zero-order chi connectivity index (χ0) is 14.6. The second-order valence-electron chi connectivity index (χ2n) is 6.30. The van der Waals surface area contributed by atoms with E-state index in [1.54, 1.807) is 12.1 Å². The summed E-state index contributed by atoms with van der Waals surface area (Å²) >= 11 is 0. The first-order chi connectivity index (χ1) is 10.1. The predicted molar refractivity (Wildman–Crippen MR) is 78.7 cm³/mol. The molecule has 3 unspecified atom stereocenters. The van der Waals surface area contributed by atoms with Crippen LogP contribution in [0.4, 0.5) is 11.4 Å². The van der Waals surface area contributed by atoms with E-state index in [4.69, 9.17) is 5.11 Å². The van der Waals surface area contributed by atoms with Crippen molar-refractivity contribution in [1.29, 1.82) is 0 Å². The minimum Gasteiger partial charge on any atom is -0.478 e. The highest BCUT2D eigenvalue weighted by Gasteiger charge is 2.47. The first-order valence-electron chi connectivity index (χ1n) is 7.61. The molecule has 5 nitrogen and oxygen atoms in total. The van der Waals surface area contributed by atoms with Gasteiger partial charge in [0.1, 0.15) is 6.04 Å². The van der Waals surface area contributed by atoms with Crippen molar-refractivity contribution >= 4 is 23.3 Å². The second-order valence-corrected chi connectivity index (χ2v) is 6.30. The van der Waals surface area contributed by atoms with E-state index in [0.29, 0.717) is 17.6 Å². The molecular weight excluding hydrogens is 268 g/mol. The lowest BCUT2D eigenvalue weighted by Crippen LogP contribution is -2.48. The van der Waals surface area contributed by atoms with Crippen LogP contribution in [0.5, 0.6) is 0 Å². The maximum atomic E-state index is 12.4. The van der Waals surface area contributed by atoms with Crippen LogP contribution in [0.25, 0.3) is 0 Å². The topological polar surface area (TPSA) is 69.6 Å². The standard InChI is InChI=1S/C16H18N2O3/c19-15-14-8-9-3-1-2-4-12(9)18(14)13-6-5-10(16(20)21)7-11(13)17-15/h5-7,9,12,14H,1-4,8H2,(H,17,19)(H,20,21). The van der Waals surface area contributed by atoms with Crippen LogP contribution in [0.15, 0.2) is 18.2 Å². The molecule has 1 amide bonds. The molecule has 0 aromatic heterocycles. The number of carbonyl (C=O) groups excluding carboxylic acids is 1. The van der Waals surface area contributed by atoms with E-state index >= 15 is 0 Å². The molecular formula is C16H18N2O3. The summed E-state index contributed by atoms with van der Waals surface area (Å²) in [6, 6.07) is 5.40. The number of nitrogens with one attached hydrogen (secondary N) is 1. The minimum absolute atomic E-state index is 0.0134. The van der Waals surface area contributed by atoms with Crippen molar-refractivity contribution in [1.82, 2.24) is 0 Å². The van der Waals surface area contributed by atoms with Gasteiger partial charge in [-0.2, -0.15) is 0 Å².